The number of hydrogen-bond donors (Lipinski definition) is 0. The molecular weight excluding hydrogens is 1050 g/mol. The van der Waals surface area contributed by atoms with E-state index in [1.165, 1.54) is 165 Å². The summed E-state index contributed by atoms with van der Waals surface area (Å²) < 4.78 is 5.01. The highest BCUT2D eigenvalue weighted by atomic mass is 15.0. The van der Waals surface area contributed by atoms with E-state index in [4.69, 9.17) is 0 Å². The van der Waals surface area contributed by atoms with Gasteiger partial charge < -0.3 is 9.13 Å². The van der Waals surface area contributed by atoms with Crippen molar-refractivity contribution in [3.05, 3.63) is 314 Å². The molecule has 17 aromatic rings. The van der Waals surface area contributed by atoms with Gasteiger partial charge in [-0.1, -0.05) is 257 Å². The van der Waals surface area contributed by atoms with Gasteiger partial charge in [-0.15, -0.1) is 0 Å². The van der Waals surface area contributed by atoms with Crippen LogP contribution in [0.4, 0.5) is 0 Å². The highest BCUT2D eigenvalue weighted by Crippen LogP contribution is 2.53. The first-order valence-electron chi connectivity index (χ1n) is 30.4. The van der Waals surface area contributed by atoms with Crippen LogP contribution in [0.5, 0.6) is 0 Å². The maximum atomic E-state index is 2.51. The van der Waals surface area contributed by atoms with Gasteiger partial charge in [0, 0.05) is 38.3 Å². The van der Waals surface area contributed by atoms with Gasteiger partial charge in [-0.25, -0.2) is 0 Å². The fourth-order valence-corrected chi connectivity index (χ4v) is 15.4. The lowest BCUT2D eigenvalue weighted by atomic mass is 9.80. The van der Waals surface area contributed by atoms with E-state index >= 15 is 0 Å². The van der Waals surface area contributed by atoms with Gasteiger partial charge in [0.1, 0.15) is 0 Å². The van der Waals surface area contributed by atoms with Crippen LogP contribution in [0, 0.1) is 0 Å². The Morgan fingerprint density at radius 3 is 1.06 bits per heavy atom. The molecule has 0 atom stereocenters. The summed E-state index contributed by atoms with van der Waals surface area (Å²) in [7, 11) is 0. The van der Waals surface area contributed by atoms with Crippen molar-refractivity contribution in [1.82, 2.24) is 9.13 Å². The molecule has 2 heterocycles. The maximum absolute atomic E-state index is 2.51. The van der Waals surface area contributed by atoms with Crippen molar-refractivity contribution in [2.24, 2.45) is 0 Å². The monoisotopic (exact) mass is 1100 g/mol. The van der Waals surface area contributed by atoms with Crippen molar-refractivity contribution in [2.45, 2.75) is 19.3 Å². The fourth-order valence-electron chi connectivity index (χ4n) is 15.4. The summed E-state index contributed by atoms with van der Waals surface area (Å²) in [5.74, 6) is 0. The van der Waals surface area contributed by atoms with E-state index in [1.807, 2.05) is 0 Å². The Morgan fingerprint density at radius 2 is 0.552 bits per heavy atom. The molecule has 2 aromatic heterocycles. The van der Waals surface area contributed by atoms with Crippen LogP contribution in [0.25, 0.3) is 165 Å². The van der Waals surface area contributed by atoms with Gasteiger partial charge in [0.25, 0.3) is 0 Å². The smallest absolute Gasteiger partial charge is 0.0548 e. The predicted octanol–water partition coefficient (Wildman–Crippen LogP) is 23.1. The summed E-state index contributed by atoms with van der Waals surface area (Å²) in [6.07, 6.45) is 0. The summed E-state index contributed by atoms with van der Waals surface area (Å²) >= 11 is 0. The van der Waals surface area contributed by atoms with Gasteiger partial charge in [-0.2, -0.15) is 0 Å². The van der Waals surface area contributed by atoms with Gasteiger partial charge >= 0.3 is 0 Å². The average molecular weight is 1110 g/mol. The summed E-state index contributed by atoms with van der Waals surface area (Å²) in [5, 5.41) is 14.8. The zero-order valence-corrected chi connectivity index (χ0v) is 48.3. The first kappa shape index (κ1) is 49.4. The van der Waals surface area contributed by atoms with Gasteiger partial charge in [-0.05, 0) is 182 Å². The lowest BCUT2D eigenvalue weighted by molar-refractivity contribution is 0.660. The molecule has 0 saturated heterocycles. The molecule has 0 amide bonds. The Bertz CT molecular complexity index is 5630. The molecule has 0 unspecified atom stereocenters. The number of aromatic nitrogens is 2. The van der Waals surface area contributed by atoms with Crippen LogP contribution >= 0.6 is 0 Å². The average Bonchev–Trinajstić information content (AvgIpc) is 2.39. The summed E-state index contributed by atoms with van der Waals surface area (Å²) in [4.78, 5) is 0. The van der Waals surface area contributed by atoms with Crippen molar-refractivity contribution in [2.75, 3.05) is 0 Å². The molecule has 0 N–H and O–H groups in total. The second-order valence-corrected chi connectivity index (χ2v) is 24.3. The van der Waals surface area contributed by atoms with Crippen molar-refractivity contribution < 1.29 is 0 Å². The number of rotatable bonds is 7. The molecule has 1 aliphatic carbocycles. The van der Waals surface area contributed by atoms with E-state index in [0.717, 1.165) is 11.4 Å². The Hall–Kier alpha value is -11.1. The first-order chi connectivity index (χ1) is 42.9. The van der Waals surface area contributed by atoms with E-state index in [1.54, 1.807) is 0 Å². The van der Waals surface area contributed by atoms with Crippen LogP contribution in [0.1, 0.15) is 25.0 Å². The summed E-state index contributed by atoms with van der Waals surface area (Å²) in [6, 6.07) is 114. The zero-order valence-electron chi connectivity index (χ0n) is 48.3. The van der Waals surface area contributed by atoms with Gasteiger partial charge in [0.15, 0.2) is 0 Å². The van der Waals surface area contributed by atoms with Crippen LogP contribution in [-0.2, 0) is 5.41 Å². The van der Waals surface area contributed by atoms with E-state index in [0.29, 0.717) is 0 Å². The Kier molecular flexibility index (Phi) is 10.8. The first-order valence-corrected chi connectivity index (χ1v) is 30.4. The summed E-state index contributed by atoms with van der Waals surface area (Å²) in [5.41, 5.74) is 24.5. The molecule has 87 heavy (non-hydrogen) atoms. The molecule has 0 saturated carbocycles. The molecule has 2 heteroatoms. The highest BCUT2D eigenvalue weighted by Gasteiger charge is 2.36. The van der Waals surface area contributed by atoms with Crippen LogP contribution in [0.3, 0.4) is 0 Å². The van der Waals surface area contributed by atoms with E-state index < -0.39 is 0 Å². The quantitative estimate of drug-likeness (QED) is 0.141. The minimum atomic E-state index is -0.135. The third-order valence-corrected chi connectivity index (χ3v) is 19.3. The van der Waals surface area contributed by atoms with E-state index in [-0.39, 0.29) is 5.41 Å². The van der Waals surface area contributed by atoms with E-state index in [2.05, 4.69) is 326 Å². The summed E-state index contributed by atoms with van der Waals surface area (Å²) in [6.45, 7) is 4.77. The molecule has 18 rings (SSSR count). The maximum Gasteiger partial charge on any atom is 0.0548 e. The van der Waals surface area contributed by atoms with Crippen LogP contribution < -0.4 is 0 Å². The molecule has 2 nitrogen and oxygen atoms in total. The third-order valence-electron chi connectivity index (χ3n) is 19.3. The fraction of sp³-hybridized carbons (Fsp3) is 0.0353. The Morgan fingerprint density at radius 1 is 0.207 bits per heavy atom. The van der Waals surface area contributed by atoms with Crippen molar-refractivity contribution in [3.8, 4) is 78.1 Å². The standard InChI is InChI=1S/C85H56N2/c1-85(2)75-38-22-21-31-61(75)62-43-40-56(48-76(62)85)84-70-37-20-19-36-69(70)83(71-46-39-55(47-74(71)84)53-23-7-3-8-24-53)58-42-45-64-73-52-79-72(51-80(73)87(78(64)50-58)60-29-13-6-14-30-60)63-44-41-57(49-77(63)86(79)59-27-11-5-12-28-59)82-67-34-17-15-32-65(67)81(54-25-9-4-10-26-54)66-33-16-18-35-68(66)82/h3-52H,1-2H3. The molecule has 0 aliphatic heterocycles. The molecule has 406 valence electrons. The number of hydrogen-bond acceptors (Lipinski definition) is 0. The van der Waals surface area contributed by atoms with Crippen molar-refractivity contribution in [3.63, 3.8) is 0 Å². The van der Waals surface area contributed by atoms with Gasteiger partial charge in [-0.3, -0.25) is 0 Å². The minimum Gasteiger partial charge on any atom is -0.309 e. The van der Waals surface area contributed by atoms with Gasteiger partial charge in [0.05, 0.1) is 22.1 Å². The second-order valence-electron chi connectivity index (χ2n) is 24.3. The Balaban J connectivity index is 0.879. The zero-order chi connectivity index (χ0) is 57.5. The molecule has 0 radical (unpaired) electrons. The molecule has 1 aliphatic rings. The molecular formula is C85H56N2. The molecule has 15 aromatic carbocycles. The van der Waals surface area contributed by atoms with Gasteiger partial charge in [0.2, 0.25) is 0 Å². The lowest BCUT2D eigenvalue weighted by Gasteiger charge is -2.23. The van der Waals surface area contributed by atoms with Crippen LogP contribution in [-0.4, -0.2) is 9.13 Å². The largest absolute Gasteiger partial charge is 0.309 e. The topological polar surface area (TPSA) is 9.86 Å². The second kappa shape index (κ2) is 19.0. The van der Waals surface area contributed by atoms with Crippen LogP contribution in [0.2, 0.25) is 0 Å². The lowest BCUT2D eigenvalue weighted by Crippen LogP contribution is -2.14. The molecule has 0 fully saturated rings. The SMILES string of the molecule is CC1(C)c2ccccc2-c2ccc(-c3c4ccccc4c(-c4ccc5c6cc7c(cc6n(-c6ccccc6)c5c4)c4ccc(-c5c6ccccc6c(-c6ccccc6)c6ccccc56)cc4n7-c4ccccc4)c4ccc(-c5ccccc5)cc34)cc21. The van der Waals surface area contributed by atoms with Crippen LogP contribution in [0.15, 0.2) is 303 Å². The number of fused-ring (bicyclic) bond motifs is 13. The van der Waals surface area contributed by atoms with Crippen molar-refractivity contribution in [1.29, 1.82) is 0 Å². The minimum absolute atomic E-state index is 0.135. The number of nitrogens with zero attached hydrogens (tertiary/aromatic N) is 2. The van der Waals surface area contributed by atoms with E-state index in [9.17, 15) is 0 Å². The Labute approximate surface area is 504 Å². The number of benzene rings is 15. The molecule has 0 bridgehead atoms. The normalized spacial score (nSPS) is 12.8. The molecule has 0 spiro atoms. The third kappa shape index (κ3) is 7.35. The highest BCUT2D eigenvalue weighted by molar-refractivity contribution is 6.26. The predicted molar refractivity (Wildman–Crippen MR) is 370 cm³/mol. The van der Waals surface area contributed by atoms with Crippen molar-refractivity contribution >= 4 is 86.7 Å². The number of para-hydroxylation sites is 2.